The Bertz CT molecular complexity index is 1180. The number of likely N-dealkylation sites (N-methyl/N-ethyl adjacent to an activating group) is 1. The van der Waals surface area contributed by atoms with Crippen LogP contribution in [0, 0.1) is 17.8 Å². The molecule has 0 aromatic heterocycles. The fourth-order valence-electron chi connectivity index (χ4n) is 5.89. The lowest BCUT2D eigenvalue weighted by Crippen LogP contribution is -2.53. The molecule has 3 aliphatic carbocycles. The largest absolute Gasteiger partial charge is 0.511 e. The summed E-state index contributed by atoms with van der Waals surface area (Å²) in [5.41, 5.74) is 6.23. The van der Waals surface area contributed by atoms with Crippen molar-refractivity contribution in [2.75, 3.05) is 33.1 Å². The Morgan fingerprint density at radius 1 is 1.12 bits per heavy atom. The van der Waals surface area contributed by atoms with Crippen LogP contribution < -0.4 is 10.6 Å². The minimum Gasteiger partial charge on any atom is -0.511 e. The van der Waals surface area contributed by atoms with Gasteiger partial charge in [-0.25, -0.2) is 0 Å². The number of allylic oxidation sites excluding steroid dienone is 2. The van der Waals surface area contributed by atoms with Crippen molar-refractivity contribution in [3.8, 4) is 5.75 Å². The number of phenols is 1. The molecule has 0 saturated carbocycles. The van der Waals surface area contributed by atoms with E-state index in [0.717, 1.165) is 0 Å². The third-order valence-electron chi connectivity index (χ3n) is 7.27. The number of aromatic hydroxyl groups is 1. The second-order valence-corrected chi connectivity index (χ2v) is 9.61. The van der Waals surface area contributed by atoms with Gasteiger partial charge in [0.25, 0.3) is 5.91 Å². The number of nitrogens with two attached hydrogens (primary N) is 1. The number of rotatable bonds is 4. The quantitative estimate of drug-likeness (QED) is 0.395. The van der Waals surface area contributed by atoms with Crippen molar-refractivity contribution >= 4 is 23.2 Å². The number of benzene rings is 1. The van der Waals surface area contributed by atoms with E-state index < -0.39 is 65.0 Å². The molecular weight excluding hydrogens is 442 g/mol. The fourth-order valence-corrected chi connectivity index (χ4v) is 5.89. The Morgan fingerprint density at radius 2 is 1.76 bits per heavy atom. The maximum atomic E-state index is 13.6. The van der Waals surface area contributed by atoms with Crippen LogP contribution in [-0.4, -0.2) is 77.0 Å². The van der Waals surface area contributed by atoms with Gasteiger partial charge in [-0.15, -0.1) is 0 Å². The van der Waals surface area contributed by atoms with Gasteiger partial charge >= 0.3 is 0 Å². The highest BCUT2D eigenvalue weighted by atomic mass is 16.3. The van der Waals surface area contributed by atoms with E-state index in [0.29, 0.717) is 17.7 Å². The maximum Gasteiger partial charge on any atom is 0.255 e. The van der Waals surface area contributed by atoms with Crippen molar-refractivity contribution in [2.24, 2.45) is 23.5 Å². The first kappa shape index (κ1) is 23.8. The number of carbonyl (C=O) groups excluding carboxylic acids is 3. The number of Topliss-reactive ketones (excluding diaryl/α,β-unsaturated/α-hetero) is 2. The van der Waals surface area contributed by atoms with Gasteiger partial charge in [-0.3, -0.25) is 19.3 Å². The second kappa shape index (κ2) is 8.14. The van der Waals surface area contributed by atoms with Gasteiger partial charge in [0.05, 0.1) is 24.1 Å². The average Bonchev–Trinajstić information content (AvgIpc) is 2.72. The Hall–Kier alpha value is -3.37. The van der Waals surface area contributed by atoms with Crippen molar-refractivity contribution in [2.45, 2.75) is 25.5 Å². The number of hydrogen-bond acceptors (Lipinski definition) is 9. The first-order chi connectivity index (χ1) is 15.9. The van der Waals surface area contributed by atoms with Crippen molar-refractivity contribution in [1.29, 1.82) is 0 Å². The number of fused-ring (bicyclic) bond motifs is 3. The highest BCUT2D eigenvalue weighted by Crippen LogP contribution is 2.51. The van der Waals surface area contributed by atoms with E-state index in [9.17, 15) is 34.8 Å². The summed E-state index contributed by atoms with van der Waals surface area (Å²) >= 11 is 0. The lowest BCUT2D eigenvalue weighted by atomic mass is 9.60. The number of amides is 1. The van der Waals surface area contributed by atoms with Crippen molar-refractivity contribution in [3.63, 3.8) is 0 Å². The molecular formula is C24H29N3O7. The summed E-state index contributed by atoms with van der Waals surface area (Å²) in [6.07, 6.45) is 0.591. The molecule has 34 heavy (non-hydrogen) atoms. The summed E-state index contributed by atoms with van der Waals surface area (Å²) < 4.78 is 0. The average molecular weight is 472 g/mol. The molecule has 0 aliphatic heterocycles. The number of aliphatic hydroxyl groups is 3. The molecule has 0 spiro atoms. The zero-order valence-corrected chi connectivity index (χ0v) is 19.5. The topological polar surface area (TPSA) is 165 Å². The molecule has 10 nitrogen and oxygen atoms in total. The molecule has 0 saturated heterocycles. The lowest BCUT2D eigenvalue weighted by molar-refractivity contribution is -0.127. The van der Waals surface area contributed by atoms with Gasteiger partial charge in [0, 0.05) is 30.9 Å². The first-order valence-corrected chi connectivity index (χ1v) is 11.0. The molecule has 0 heterocycles. The predicted molar refractivity (Wildman–Crippen MR) is 122 cm³/mol. The second-order valence-electron chi connectivity index (χ2n) is 9.61. The summed E-state index contributed by atoms with van der Waals surface area (Å²) in [6.45, 7) is -0.485. The summed E-state index contributed by atoms with van der Waals surface area (Å²) in [5, 5.41) is 42.5. The zero-order valence-electron chi connectivity index (χ0n) is 19.5. The van der Waals surface area contributed by atoms with Crippen LogP contribution in [-0.2, 0) is 22.6 Å². The van der Waals surface area contributed by atoms with Gasteiger partial charge in [0.15, 0.2) is 11.6 Å². The molecule has 1 aromatic rings. The van der Waals surface area contributed by atoms with Gasteiger partial charge in [0.2, 0.25) is 0 Å². The SMILES string of the molecule is CN(C)c1cc(CO)c(O)c2c1C[C@H]1C[C@@H]3C(C(=O)C(C(N)=O)=C(O)C3N(C)C)C(O)=C1C2=O. The van der Waals surface area contributed by atoms with E-state index in [1.54, 1.807) is 44.1 Å². The molecule has 0 bridgehead atoms. The Kier molecular flexibility index (Phi) is 5.69. The molecule has 1 aromatic carbocycles. The summed E-state index contributed by atoms with van der Waals surface area (Å²) in [6, 6.07) is 0.867. The lowest BCUT2D eigenvalue weighted by Gasteiger charge is -2.46. The molecule has 182 valence electrons. The number of primary amides is 1. The monoisotopic (exact) mass is 471 g/mol. The zero-order chi connectivity index (χ0) is 25.2. The molecule has 4 atom stereocenters. The number of ketones is 2. The Balaban J connectivity index is 1.94. The molecule has 0 fully saturated rings. The smallest absolute Gasteiger partial charge is 0.255 e. The normalized spacial score (nSPS) is 26.4. The summed E-state index contributed by atoms with van der Waals surface area (Å²) in [4.78, 5) is 42.3. The van der Waals surface area contributed by atoms with Gasteiger partial charge < -0.3 is 31.1 Å². The van der Waals surface area contributed by atoms with Crippen LogP contribution in [0.3, 0.4) is 0 Å². The molecule has 4 rings (SSSR count). The van der Waals surface area contributed by atoms with Gasteiger partial charge in [-0.2, -0.15) is 0 Å². The van der Waals surface area contributed by atoms with Crippen LogP contribution in [0.1, 0.15) is 27.9 Å². The first-order valence-electron chi connectivity index (χ1n) is 11.0. The van der Waals surface area contributed by atoms with Crippen LogP contribution in [0.25, 0.3) is 0 Å². The van der Waals surface area contributed by atoms with Crippen LogP contribution >= 0.6 is 0 Å². The molecule has 10 heteroatoms. The molecule has 0 radical (unpaired) electrons. The minimum absolute atomic E-state index is 0.00701. The number of anilines is 1. The number of carbonyl (C=O) groups is 3. The van der Waals surface area contributed by atoms with Gasteiger partial charge in [-0.1, -0.05) is 0 Å². The Morgan fingerprint density at radius 3 is 2.29 bits per heavy atom. The number of nitrogens with zero attached hydrogens (tertiary/aromatic N) is 2. The van der Waals surface area contributed by atoms with E-state index in [4.69, 9.17) is 5.73 Å². The van der Waals surface area contributed by atoms with E-state index in [1.807, 2.05) is 0 Å². The fraction of sp³-hybridized carbons (Fsp3) is 0.458. The van der Waals surface area contributed by atoms with Crippen LogP contribution in [0.5, 0.6) is 5.75 Å². The van der Waals surface area contributed by atoms with Crippen LogP contribution in [0.4, 0.5) is 5.69 Å². The van der Waals surface area contributed by atoms with Crippen molar-refractivity contribution in [3.05, 3.63) is 45.4 Å². The van der Waals surface area contributed by atoms with E-state index in [2.05, 4.69) is 0 Å². The molecule has 6 N–H and O–H groups in total. The van der Waals surface area contributed by atoms with E-state index in [1.165, 1.54) is 0 Å². The number of aliphatic hydroxyl groups excluding tert-OH is 3. The van der Waals surface area contributed by atoms with Crippen molar-refractivity contribution < 1.29 is 34.8 Å². The van der Waals surface area contributed by atoms with Crippen molar-refractivity contribution in [1.82, 2.24) is 4.90 Å². The standard InChI is InChI=1S/C24H29N3O7/c1-26(2)13-7-10(8-28)19(29)15-11(13)5-9-6-12-16(21(31)14(9)20(15)30)22(32)17(24(25)34)23(33)18(12)27(3)4/h7,9,12,16,18,28-29,31,33H,5-6,8H2,1-4H3,(H2,25,34)/t9-,12+,16?,18?/m0/s1. The summed E-state index contributed by atoms with van der Waals surface area (Å²) in [5.74, 6) is -6.08. The third-order valence-corrected chi connectivity index (χ3v) is 7.27. The predicted octanol–water partition coefficient (Wildman–Crippen LogP) is 0.564. The molecule has 3 aliphatic rings. The highest BCUT2D eigenvalue weighted by molar-refractivity contribution is 6.22. The summed E-state index contributed by atoms with van der Waals surface area (Å²) in [7, 11) is 6.94. The molecule has 2 unspecified atom stereocenters. The third kappa shape index (κ3) is 3.20. The van der Waals surface area contributed by atoms with E-state index >= 15 is 0 Å². The maximum absolute atomic E-state index is 13.6. The Labute approximate surface area is 196 Å². The van der Waals surface area contributed by atoms with Crippen LogP contribution in [0.2, 0.25) is 0 Å². The van der Waals surface area contributed by atoms with Gasteiger partial charge in [-0.05, 0) is 50.4 Å². The van der Waals surface area contributed by atoms with E-state index in [-0.39, 0.29) is 28.9 Å². The number of hydrogen-bond donors (Lipinski definition) is 5. The molecule has 1 amide bonds. The van der Waals surface area contributed by atoms with Gasteiger partial charge in [0.1, 0.15) is 22.8 Å². The minimum atomic E-state index is -1.22. The highest BCUT2D eigenvalue weighted by Gasteiger charge is 2.54. The van der Waals surface area contributed by atoms with Crippen LogP contribution in [0.15, 0.2) is 28.7 Å².